The van der Waals surface area contributed by atoms with Crippen LogP contribution in [0.3, 0.4) is 0 Å². The molecule has 1 saturated heterocycles. The number of likely N-dealkylation sites (tertiary alicyclic amines) is 1. The molecule has 1 heterocycles. The molecule has 0 atom stereocenters. The molecule has 2 N–H and O–H groups in total. The predicted octanol–water partition coefficient (Wildman–Crippen LogP) is 3.20. The zero-order valence-corrected chi connectivity index (χ0v) is 19.2. The van der Waals surface area contributed by atoms with Gasteiger partial charge >= 0.3 is 0 Å². The minimum absolute atomic E-state index is 0.0205. The Labute approximate surface area is 186 Å². The Morgan fingerprint density at radius 2 is 1.61 bits per heavy atom. The van der Waals surface area contributed by atoms with E-state index in [2.05, 4.69) is 44.8 Å². The molecule has 31 heavy (non-hydrogen) atoms. The fraction of sp³-hybridized carbons (Fsp3) is 0.458. The lowest BCUT2D eigenvalue weighted by Gasteiger charge is -2.26. The van der Waals surface area contributed by atoms with Crippen LogP contribution in [0.4, 0.5) is 0 Å². The maximum atomic E-state index is 12.4. The molecule has 0 bridgehead atoms. The topological polar surface area (TPSA) is 73.8 Å². The van der Waals surface area contributed by atoms with Crippen molar-refractivity contribution in [3.63, 3.8) is 0 Å². The first-order valence-corrected chi connectivity index (χ1v) is 12.8. The highest BCUT2D eigenvalue weighted by atomic mass is 32.2. The van der Waals surface area contributed by atoms with E-state index in [1.54, 1.807) is 24.3 Å². The molecule has 1 aliphatic heterocycles. The molecule has 2 aromatic carbocycles. The smallest absolute Gasteiger partial charge is 0.191 e. The van der Waals surface area contributed by atoms with Crippen molar-refractivity contribution >= 4 is 15.8 Å². The van der Waals surface area contributed by atoms with Crippen molar-refractivity contribution in [1.82, 2.24) is 15.5 Å². The molecule has 1 aliphatic rings. The summed E-state index contributed by atoms with van der Waals surface area (Å²) >= 11 is 0. The molecule has 3 rings (SSSR count). The molecule has 2 aromatic rings. The Balaban J connectivity index is 1.50. The summed E-state index contributed by atoms with van der Waals surface area (Å²) in [5.41, 5.74) is 2.47. The third kappa shape index (κ3) is 7.67. The largest absolute Gasteiger partial charge is 0.357 e. The van der Waals surface area contributed by atoms with Crippen LogP contribution in [0.15, 0.2) is 64.5 Å². The van der Waals surface area contributed by atoms with Crippen LogP contribution in [0.25, 0.3) is 0 Å². The van der Waals surface area contributed by atoms with E-state index in [9.17, 15) is 8.42 Å². The maximum Gasteiger partial charge on any atom is 0.191 e. The summed E-state index contributed by atoms with van der Waals surface area (Å²) in [4.78, 5) is 7.48. The number of guanidine groups is 1. The van der Waals surface area contributed by atoms with Gasteiger partial charge in [0.25, 0.3) is 0 Å². The molecular formula is C24H34N4O2S. The van der Waals surface area contributed by atoms with E-state index in [1.807, 2.05) is 13.0 Å². The second kappa shape index (κ2) is 11.9. The monoisotopic (exact) mass is 442 g/mol. The van der Waals surface area contributed by atoms with Crippen LogP contribution < -0.4 is 10.6 Å². The lowest BCUT2D eigenvalue weighted by Crippen LogP contribution is -2.39. The highest BCUT2D eigenvalue weighted by molar-refractivity contribution is 7.91. The standard InChI is InChI=1S/C24H34N4O2S/c1-2-25-24(26-15-18-31(29,30)23-9-5-3-6-10-23)27-19-21-11-13-22(14-12-21)20-28-16-7-4-8-17-28/h3,5-6,9-14H,2,4,7-8,15-20H2,1H3,(H2,25,26,27). The molecule has 0 aliphatic carbocycles. The molecule has 0 amide bonds. The second-order valence-corrected chi connectivity index (χ2v) is 10.0. The highest BCUT2D eigenvalue weighted by Crippen LogP contribution is 2.14. The number of benzene rings is 2. The van der Waals surface area contributed by atoms with Gasteiger partial charge in [0.15, 0.2) is 15.8 Å². The number of rotatable bonds is 9. The van der Waals surface area contributed by atoms with E-state index < -0.39 is 9.84 Å². The maximum absolute atomic E-state index is 12.4. The third-order valence-electron chi connectivity index (χ3n) is 5.41. The number of hydrogen-bond donors (Lipinski definition) is 2. The average molecular weight is 443 g/mol. The second-order valence-electron chi connectivity index (χ2n) is 7.91. The van der Waals surface area contributed by atoms with Gasteiger partial charge in [-0.3, -0.25) is 4.90 Å². The molecule has 1 fully saturated rings. The van der Waals surface area contributed by atoms with Crippen molar-refractivity contribution in [3.05, 3.63) is 65.7 Å². The van der Waals surface area contributed by atoms with Crippen LogP contribution in [0.1, 0.15) is 37.3 Å². The van der Waals surface area contributed by atoms with Crippen molar-refractivity contribution in [2.75, 3.05) is 31.9 Å². The summed E-state index contributed by atoms with van der Waals surface area (Å²) in [6.07, 6.45) is 3.97. The van der Waals surface area contributed by atoms with E-state index in [0.29, 0.717) is 30.5 Å². The minimum Gasteiger partial charge on any atom is -0.357 e. The minimum atomic E-state index is -3.30. The van der Waals surface area contributed by atoms with Crippen molar-refractivity contribution < 1.29 is 8.42 Å². The van der Waals surface area contributed by atoms with Gasteiger partial charge in [-0.15, -0.1) is 0 Å². The van der Waals surface area contributed by atoms with Crippen LogP contribution in [-0.2, 0) is 22.9 Å². The number of nitrogens with zero attached hydrogens (tertiary/aromatic N) is 2. The van der Waals surface area contributed by atoms with E-state index in [0.717, 1.165) is 12.1 Å². The van der Waals surface area contributed by atoms with Gasteiger partial charge in [-0.2, -0.15) is 0 Å². The first kappa shape index (κ1) is 23.3. The summed E-state index contributed by atoms with van der Waals surface area (Å²) in [5, 5.41) is 6.32. The molecular weight excluding hydrogens is 408 g/mol. The molecule has 168 valence electrons. The molecule has 0 unspecified atom stereocenters. The van der Waals surface area contributed by atoms with Crippen molar-refractivity contribution in [2.24, 2.45) is 4.99 Å². The summed E-state index contributed by atoms with van der Waals surface area (Å²) in [5.74, 6) is 0.648. The zero-order valence-electron chi connectivity index (χ0n) is 18.4. The van der Waals surface area contributed by atoms with E-state index in [4.69, 9.17) is 0 Å². The summed E-state index contributed by atoms with van der Waals surface area (Å²) in [6, 6.07) is 17.2. The number of sulfone groups is 1. The van der Waals surface area contributed by atoms with Crippen LogP contribution in [0, 0.1) is 0 Å². The number of piperidine rings is 1. The molecule has 0 radical (unpaired) electrons. The highest BCUT2D eigenvalue weighted by Gasteiger charge is 2.13. The van der Waals surface area contributed by atoms with Crippen molar-refractivity contribution in [1.29, 1.82) is 0 Å². The van der Waals surface area contributed by atoms with Gasteiger partial charge in [0, 0.05) is 19.6 Å². The summed E-state index contributed by atoms with van der Waals surface area (Å²) < 4.78 is 24.8. The molecule has 6 nitrogen and oxygen atoms in total. The molecule has 0 aromatic heterocycles. The number of hydrogen-bond acceptors (Lipinski definition) is 4. The molecule has 7 heteroatoms. The van der Waals surface area contributed by atoms with E-state index in [-0.39, 0.29) is 5.75 Å². The Bertz CT molecular complexity index is 922. The van der Waals surface area contributed by atoms with Crippen LogP contribution >= 0.6 is 0 Å². The fourth-order valence-electron chi connectivity index (χ4n) is 3.69. The van der Waals surface area contributed by atoms with Crippen molar-refractivity contribution in [2.45, 2.75) is 44.2 Å². The average Bonchev–Trinajstić information content (AvgIpc) is 2.80. The fourth-order valence-corrected chi connectivity index (χ4v) is 4.87. The van der Waals surface area contributed by atoms with E-state index >= 15 is 0 Å². The van der Waals surface area contributed by atoms with Gasteiger partial charge in [0.1, 0.15) is 0 Å². The predicted molar refractivity (Wildman–Crippen MR) is 127 cm³/mol. The number of aliphatic imine (C=N–C) groups is 1. The lowest BCUT2D eigenvalue weighted by atomic mass is 10.1. The quantitative estimate of drug-likeness (QED) is 0.461. The first-order chi connectivity index (χ1) is 15.1. The van der Waals surface area contributed by atoms with Gasteiger partial charge < -0.3 is 10.6 Å². The van der Waals surface area contributed by atoms with E-state index in [1.165, 1.54) is 37.9 Å². The van der Waals surface area contributed by atoms with Crippen LogP contribution in [-0.4, -0.2) is 51.2 Å². The summed E-state index contributed by atoms with van der Waals surface area (Å²) in [7, 11) is -3.30. The zero-order chi connectivity index (χ0) is 21.9. The Hall–Kier alpha value is -2.38. The molecule has 0 spiro atoms. The SMILES string of the molecule is CCNC(=NCc1ccc(CN2CCCCC2)cc1)NCCS(=O)(=O)c1ccccc1. The lowest BCUT2D eigenvalue weighted by molar-refractivity contribution is 0.221. The third-order valence-corrected chi connectivity index (χ3v) is 7.14. The molecule has 0 saturated carbocycles. The Morgan fingerprint density at radius 1 is 0.935 bits per heavy atom. The van der Waals surface area contributed by atoms with Crippen LogP contribution in [0.2, 0.25) is 0 Å². The number of nitrogens with one attached hydrogen (secondary N) is 2. The van der Waals surface area contributed by atoms with Gasteiger partial charge in [-0.05, 0) is 56.1 Å². The normalized spacial score (nSPS) is 15.6. The first-order valence-electron chi connectivity index (χ1n) is 11.2. The van der Waals surface area contributed by atoms with Crippen molar-refractivity contribution in [3.8, 4) is 0 Å². The van der Waals surface area contributed by atoms with Gasteiger partial charge in [-0.1, -0.05) is 48.9 Å². The Kier molecular flexibility index (Phi) is 8.91. The van der Waals surface area contributed by atoms with Crippen LogP contribution in [0.5, 0.6) is 0 Å². The summed E-state index contributed by atoms with van der Waals surface area (Å²) in [6.45, 7) is 6.97. The van der Waals surface area contributed by atoms with Gasteiger partial charge in [0.2, 0.25) is 0 Å². The Morgan fingerprint density at radius 3 is 2.29 bits per heavy atom. The van der Waals surface area contributed by atoms with Gasteiger partial charge in [0.05, 0.1) is 17.2 Å². The van der Waals surface area contributed by atoms with Gasteiger partial charge in [-0.25, -0.2) is 13.4 Å².